The molecule has 0 unspecified atom stereocenters. The molecule has 0 fully saturated rings. The molecule has 0 saturated heterocycles. The molecule has 0 radical (unpaired) electrons. The number of hydrogen-bond donors (Lipinski definition) is 0. The Morgan fingerprint density at radius 1 is 1.21 bits per heavy atom. The highest BCUT2D eigenvalue weighted by molar-refractivity contribution is 7.97. The third-order valence-corrected chi connectivity index (χ3v) is 4.42. The minimum absolute atomic E-state index is 0.0356. The van der Waals surface area contributed by atoms with E-state index in [1.54, 1.807) is 22.7 Å². The van der Waals surface area contributed by atoms with Gasteiger partial charge in [-0.2, -0.15) is 11.8 Å². The Balaban J connectivity index is 1.77. The van der Waals surface area contributed by atoms with Crippen molar-refractivity contribution < 1.29 is 9.53 Å². The van der Waals surface area contributed by atoms with Crippen molar-refractivity contribution in [1.82, 2.24) is 4.90 Å². The lowest BCUT2D eigenvalue weighted by atomic mass is 10.1. The van der Waals surface area contributed by atoms with Crippen molar-refractivity contribution in [3.63, 3.8) is 0 Å². The first-order chi connectivity index (χ1) is 11.6. The lowest BCUT2D eigenvalue weighted by Crippen LogP contribution is -2.28. The molecule has 1 amide bonds. The number of carbonyl (C=O) groups is 1. The number of carbonyl (C=O) groups excluding carboxylic acids is 1. The van der Waals surface area contributed by atoms with Gasteiger partial charge in [0.1, 0.15) is 5.75 Å². The average molecular weight is 364 g/mol. The van der Waals surface area contributed by atoms with Crippen LogP contribution in [-0.4, -0.2) is 37.3 Å². The topological polar surface area (TPSA) is 29.5 Å². The first kappa shape index (κ1) is 18.7. The molecule has 2 rings (SSSR count). The molecule has 0 aromatic heterocycles. The Labute approximate surface area is 153 Å². The van der Waals surface area contributed by atoms with E-state index in [2.05, 4.69) is 6.26 Å². The van der Waals surface area contributed by atoms with Gasteiger partial charge in [-0.1, -0.05) is 29.8 Å². The number of amides is 1. The second-order valence-corrected chi connectivity index (χ2v) is 6.82. The number of nitrogens with zero attached hydrogens (tertiary/aromatic N) is 1. The maximum atomic E-state index is 12.4. The quantitative estimate of drug-likeness (QED) is 0.634. The van der Waals surface area contributed by atoms with Gasteiger partial charge in [0.05, 0.1) is 6.61 Å². The predicted molar refractivity (Wildman–Crippen MR) is 102 cm³/mol. The maximum Gasteiger partial charge on any atom is 0.253 e. The van der Waals surface area contributed by atoms with Crippen LogP contribution in [-0.2, 0) is 5.75 Å². The van der Waals surface area contributed by atoms with E-state index >= 15 is 0 Å². The number of rotatable bonds is 8. The molecule has 24 heavy (non-hydrogen) atoms. The molecular weight excluding hydrogens is 342 g/mol. The summed E-state index contributed by atoms with van der Waals surface area (Å²) in [5, 5.41) is 0.657. The van der Waals surface area contributed by atoms with Crippen molar-refractivity contribution in [3.8, 4) is 5.75 Å². The van der Waals surface area contributed by atoms with Gasteiger partial charge in [0, 0.05) is 29.9 Å². The standard InChI is InChI=1S/C19H22ClNO2S/c1-21(11-4-12-23-18-6-3-5-17(20)13-18)19(22)16-9-7-15(8-10-16)14-24-2/h3,5-10,13H,4,11-12,14H2,1-2H3. The van der Waals surface area contributed by atoms with Gasteiger partial charge in [-0.15, -0.1) is 0 Å². The Morgan fingerprint density at radius 3 is 2.62 bits per heavy atom. The minimum Gasteiger partial charge on any atom is -0.493 e. The fraction of sp³-hybridized carbons (Fsp3) is 0.316. The molecule has 0 heterocycles. The summed E-state index contributed by atoms with van der Waals surface area (Å²) in [7, 11) is 1.82. The monoisotopic (exact) mass is 363 g/mol. The van der Waals surface area contributed by atoms with Crippen LogP contribution < -0.4 is 4.74 Å². The van der Waals surface area contributed by atoms with Gasteiger partial charge in [-0.25, -0.2) is 0 Å². The van der Waals surface area contributed by atoms with Crippen LogP contribution in [0.2, 0.25) is 5.02 Å². The average Bonchev–Trinajstić information content (AvgIpc) is 2.59. The van der Waals surface area contributed by atoms with Crippen LogP contribution in [0.1, 0.15) is 22.3 Å². The molecule has 0 aliphatic carbocycles. The van der Waals surface area contributed by atoms with Crippen LogP contribution in [0, 0.1) is 0 Å². The Hall–Kier alpha value is -1.65. The molecule has 0 saturated carbocycles. The van der Waals surface area contributed by atoms with Crippen molar-refractivity contribution in [1.29, 1.82) is 0 Å². The zero-order chi connectivity index (χ0) is 17.4. The predicted octanol–water partition coefficient (Wildman–Crippen LogP) is 4.74. The van der Waals surface area contributed by atoms with Gasteiger partial charge in [-0.05, 0) is 48.6 Å². The van der Waals surface area contributed by atoms with Crippen LogP contribution in [0.3, 0.4) is 0 Å². The first-order valence-corrected chi connectivity index (χ1v) is 9.59. The number of benzene rings is 2. The smallest absolute Gasteiger partial charge is 0.253 e. The van der Waals surface area contributed by atoms with Crippen molar-refractivity contribution in [3.05, 3.63) is 64.7 Å². The molecule has 0 atom stereocenters. The molecule has 5 heteroatoms. The Bertz CT molecular complexity index is 661. The summed E-state index contributed by atoms with van der Waals surface area (Å²) >= 11 is 7.68. The SMILES string of the molecule is CSCc1ccc(C(=O)N(C)CCCOc2cccc(Cl)c2)cc1. The third kappa shape index (κ3) is 5.77. The molecule has 0 N–H and O–H groups in total. The fourth-order valence-electron chi connectivity index (χ4n) is 2.28. The molecule has 2 aromatic carbocycles. The molecule has 3 nitrogen and oxygen atoms in total. The second-order valence-electron chi connectivity index (χ2n) is 5.52. The summed E-state index contributed by atoms with van der Waals surface area (Å²) in [6.45, 7) is 1.19. The van der Waals surface area contributed by atoms with E-state index in [9.17, 15) is 4.79 Å². The summed E-state index contributed by atoms with van der Waals surface area (Å²) in [4.78, 5) is 14.1. The molecule has 2 aromatic rings. The van der Waals surface area contributed by atoms with E-state index in [1.807, 2.05) is 49.5 Å². The Kier molecular flexibility index (Phi) is 7.47. The number of thioether (sulfide) groups is 1. The van der Waals surface area contributed by atoms with Crippen LogP contribution >= 0.6 is 23.4 Å². The minimum atomic E-state index is 0.0356. The molecule has 128 valence electrons. The van der Waals surface area contributed by atoms with Gasteiger partial charge in [0.15, 0.2) is 0 Å². The van der Waals surface area contributed by atoms with Crippen molar-refractivity contribution >= 4 is 29.3 Å². The first-order valence-electron chi connectivity index (χ1n) is 7.82. The van der Waals surface area contributed by atoms with Crippen LogP contribution in [0.5, 0.6) is 5.75 Å². The summed E-state index contributed by atoms with van der Waals surface area (Å²) in [5.41, 5.74) is 1.95. The lowest BCUT2D eigenvalue weighted by Gasteiger charge is -2.17. The highest BCUT2D eigenvalue weighted by Gasteiger charge is 2.11. The second kappa shape index (κ2) is 9.60. The largest absolute Gasteiger partial charge is 0.493 e. The number of ether oxygens (including phenoxy) is 1. The van der Waals surface area contributed by atoms with Crippen LogP contribution in [0.4, 0.5) is 0 Å². The van der Waals surface area contributed by atoms with Crippen LogP contribution in [0.25, 0.3) is 0 Å². The molecular formula is C19H22ClNO2S. The van der Waals surface area contributed by atoms with E-state index in [0.29, 0.717) is 18.2 Å². The summed E-state index contributed by atoms with van der Waals surface area (Å²) in [6, 6.07) is 15.1. The van der Waals surface area contributed by atoms with Crippen LogP contribution in [0.15, 0.2) is 48.5 Å². The number of hydrogen-bond acceptors (Lipinski definition) is 3. The highest BCUT2D eigenvalue weighted by atomic mass is 35.5. The van der Waals surface area contributed by atoms with Gasteiger partial charge in [-0.3, -0.25) is 4.79 Å². The number of halogens is 1. The summed E-state index contributed by atoms with van der Waals surface area (Å²) < 4.78 is 5.64. The van der Waals surface area contributed by atoms with Gasteiger partial charge in [0.2, 0.25) is 0 Å². The summed E-state index contributed by atoms with van der Waals surface area (Å²) in [6.07, 6.45) is 2.83. The zero-order valence-electron chi connectivity index (χ0n) is 14.0. The molecule has 0 aliphatic rings. The third-order valence-electron chi connectivity index (χ3n) is 3.56. The normalized spacial score (nSPS) is 10.5. The molecule has 0 aliphatic heterocycles. The molecule has 0 spiro atoms. The van der Waals surface area contributed by atoms with Crippen molar-refractivity contribution in [2.24, 2.45) is 0 Å². The van der Waals surface area contributed by atoms with Gasteiger partial charge in [0.25, 0.3) is 5.91 Å². The summed E-state index contributed by atoms with van der Waals surface area (Å²) in [5.74, 6) is 1.75. The Morgan fingerprint density at radius 2 is 1.96 bits per heavy atom. The van der Waals surface area contributed by atoms with Gasteiger partial charge >= 0.3 is 0 Å². The lowest BCUT2D eigenvalue weighted by molar-refractivity contribution is 0.0788. The van der Waals surface area contributed by atoms with E-state index < -0.39 is 0 Å². The van der Waals surface area contributed by atoms with E-state index in [-0.39, 0.29) is 5.91 Å². The highest BCUT2D eigenvalue weighted by Crippen LogP contribution is 2.17. The van der Waals surface area contributed by atoms with E-state index in [4.69, 9.17) is 16.3 Å². The van der Waals surface area contributed by atoms with Crippen molar-refractivity contribution in [2.75, 3.05) is 26.5 Å². The van der Waals surface area contributed by atoms with Gasteiger partial charge < -0.3 is 9.64 Å². The van der Waals surface area contributed by atoms with E-state index in [1.165, 1.54) is 5.56 Å². The zero-order valence-corrected chi connectivity index (χ0v) is 15.6. The maximum absolute atomic E-state index is 12.4. The fourth-order valence-corrected chi connectivity index (χ4v) is 2.99. The molecule has 0 bridgehead atoms. The van der Waals surface area contributed by atoms with E-state index in [0.717, 1.165) is 23.5 Å². The van der Waals surface area contributed by atoms with Crippen molar-refractivity contribution in [2.45, 2.75) is 12.2 Å².